The molecule has 1 N–H and O–H groups in total. The summed E-state index contributed by atoms with van der Waals surface area (Å²) in [4.78, 5) is 12.7. The molecular weight excluding hydrogens is 262 g/mol. The summed E-state index contributed by atoms with van der Waals surface area (Å²) in [5, 5.41) is 3.78. The number of anilines is 1. The third-order valence-corrected chi connectivity index (χ3v) is 3.12. The summed E-state index contributed by atoms with van der Waals surface area (Å²) in [7, 11) is 1.83. The molecule has 0 fully saturated rings. The Morgan fingerprint density at radius 1 is 1.26 bits per heavy atom. The van der Waals surface area contributed by atoms with E-state index < -0.39 is 0 Å². The van der Waals surface area contributed by atoms with Crippen molar-refractivity contribution in [2.45, 2.75) is 6.54 Å². The standard InChI is InChI=1S/C13H12ClN5/c1-15-12-11-13(17-7-16-12)18-8-19(11)6-9-3-2-4-10(14)5-9/h2-5,7-8H,6H2,1H3,(H,15,16,17). The Morgan fingerprint density at radius 3 is 2.95 bits per heavy atom. The van der Waals surface area contributed by atoms with E-state index in [1.165, 1.54) is 6.33 Å². The van der Waals surface area contributed by atoms with Gasteiger partial charge in [-0.25, -0.2) is 15.0 Å². The van der Waals surface area contributed by atoms with Crippen molar-refractivity contribution in [2.24, 2.45) is 0 Å². The molecule has 96 valence electrons. The van der Waals surface area contributed by atoms with Crippen molar-refractivity contribution >= 4 is 28.6 Å². The summed E-state index contributed by atoms with van der Waals surface area (Å²) in [5.41, 5.74) is 2.68. The fourth-order valence-electron chi connectivity index (χ4n) is 2.05. The lowest BCUT2D eigenvalue weighted by Crippen LogP contribution is -2.02. The maximum Gasteiger partial charge on any atom is 0.182 e. The maximum absolute atomic E-state index is 6.00. The second-order valence-electron chi connectivity index (χ2n) is 4.15. The summed E-state index contributed by atoms with van der Waals surface area (Å²) in [6.07, 6.45) is 3.27. The summed E-state index contributed by atoms with van der Waals surface area (Å²) in [5.74, 6) is 0.768. The predicted molar refractivity (Wildman–Crippen MR) is 75.4 cm³/mol. The molecule has 5 nitrogen and oxygen atoms in total. The molecule has 1 aromatic carbocycles. The minimum absolute atomic E-state index is 0.680. The fraction of sp³-hybridized carbons (Fsp3) is 0.154. The Labute approximate surface area is 115 Å². The van der Waals surface area contributed by atoms with Gasteiger partial charge in [0.15, 0.2) is 11.5 Å². The van der Waals surface area contributed by atoms with Crippen LogP contribution in [0.15, 0.2) is 36.9 Å². The van der Waals surface area contributed by atoms with E-state index in [4.69, 9.17) is 11.6 Å². The average Bonchev–Trinajstić information content (AvgIpc) is 2.82. The highest BCUT2D eigenvalue weighted by Crippen LogP contribution is 2.20. The number of benzene rings is 1. The summed E-state index contributed by atoms with van der Waals surface area (Å²) in [6, 6.07) is 7.77. The van der Waals surface area contributed by atoms with Gasteiger partial charge in [-0.05, 0) is 17.7 Å². The van der Waals surface area contributed by atoms with Crippen molar-refractivity contribution in [3.05, 3.63) is 47.5 Å². The molecule has 0 unspecified atom stereocenters. The minimum Gasteiger partial charge on any atom is -0.371 e. The topological polar surface area (TPSA) is 55.6 Å². The normalized spacial score (nSPS) is 10.8. The molecule has 2 aromatic heterocycles. The smallest absolute Gasteiger partial charge is 0.182 e. The van der Waals surface area contributed by atoms with Crippen molar-refractivity contribution in [1.29, 1.82) is 0 Å². The van der Waals surface area contributed by atoms with E-state index in [1.54, 1.807) is 6.33 Å². The number of nitrogens with zero attached hydrogens (tertiary/aromatic N) is 4. The zero-order chi connectivity index (χ0) is 13.2. The lowest BCUT2D eigenvalue weighted by Gasteiger charge is -2.07. The van der Waals surface area contributed by atoms with Gasteiger partial charge < -0.3 is 9.88 Å². The van der Waals surface area contributed by atoms with Gasteiger partial charge in [0.25, 0.3) is 0 Å². The van der Waals surface area contributed by atoms with Crippen LogP contribution in [-0.2, 0) is 6.54 Å². The van der Waals surface area contributed by atoms with Crippen molar-refractivity contribution in [3.8, 4) is 0 Å². The van der Waals surface area contributed by atoms with E-state index in [0.717, 1.165) is 21.9 Å². The zero-order valence-corrected chi connectivity index (χ0v) is 11.1. The number of halogens is 1. The van der Waals surface area contributed by atoms with Crippen LogP contribution in [0.5, 0.6) is 0 Å². The highest BCUT2D eigenvalue weighted by molar-refractivity contribution is 6.30. The molecule has 0 aliphatic carbocycles. The van der Waals surface area contributed by atoms with Gasteiger partial charge >= 0.3 is 0 Å². The van der Waals surface area contributed by atoms with Gasteiger partial charge in [0.2, 0.25) is 0 Å². The molecular formula is C13H12ClN5. The molecule has 0 radical (unpaired) electrons. The van der Waals surface area contributed by atoms with Crippen LogP contribution in [0.3, 0.4) is 0 Å². The quantitative estimate of drug-likeness (QED) is 0.797. The monoisotopic (exact) mass is 273 g/mol. The van der Waals surface area contributed by atoms with E-state index in [0.29, 0.717) is 12.2 Å². The summed E-state index contributed by atoms with van der Waals surface area (Å²) in [6.45, 7) is 0.680. The summed E-state index contributed by atoms with van der Waals surface area (Å²) < 4.78 is 2.01. The van der Waals surface area contributed by atoms with Crippen LogP contribution in [0, 0.1) is 0 Å². The lowest BCUT2D eigenvalue weighted by molar-refractivity contribution is 0.823. The number of nitrogens with one attached hydrogen (secondary N) is 1. The van der Waals surface area contributed by atoms with Crippen molar-refractivity contribution in [2.75, 3.05) is 12.4 Å². The van der Waals surface area contributed by atoms with Gasteiger partial charge in [-0.1, -0.05) is 23.7 Å². The molecule has 3 rings (SSSR count). The molecule has 3 aromatic rings. The molecule has 0 bridgehead atoms. The fourth-order valence-corrected chi connectivity index (χ4v) is 2.26. The number of imidazole rings is 1. The Balaban J connectivity index is 2.06. The third kappa shape index (κ3) is 2.24. The number of fused-ring (bicyclic) bond motifs is 1. The molecule has 0 amide bonds. The molecule has 0 spiro atoms. The Kier molecular flexibility index (Phi) is 3.05. The van der Waals surface area contributed by atoms with Gasteiger partial charge in [0.1, 0.15) is 11.8 Å². The highest BCUT2D eigenvalue weighted by atomic mass is 35.5. The first-order valence-electron chi connectivity index (χ1n) is 5.86. The van der Waals surface area contributed by atoms with E-state index in [9.17, 15) is 0 Å². The van der Waals surface area contributed by atoms with Gasteiger partial charge in [0, 0.05) is 18.6 Å². The Morgan fingerprint density at radius 2 is 2.16 bits per heavy atom. The molecule has 0 aliphatic heterocycles. The Bertz CT molecular complexity index is 722. The highest BCUT2D eigenvalue weighted by Gasteiger charge is 2.09. The average molecular weight is 274 g/mol. The second kappa shape index (κ2) is 4.85. The molecule has 2 heterocycles. The van der Waals surface area contributed by atoms with Gasteiger partial charge in [0.05, 0.1) is 6.33 Å². The van der Waals surface area contributed by atoms with Crippen LogP contribution >= 0.6 is 11.6 Å². The Hall–Kier alpha value is -2.14. The first-order valence-corrected chi connectivity index (χ1v) is 6.24. The number of aromatic nitrogens is 4. The molecule has 0 atom stereocenters. The van der Waals surface area contributed by atoms with Crippen molar-refractivity contribution < 1.29 is 0 Å². The van der Waals surface area contributed by atoms with Crippen molar-refractivity contribution in [3.63, 3.8) is 0 Å². The second-order valence-corrected chi connectivity index (χ2v) is 4.58. The third-order valence-electron chi connectivity index (χ3n) is 2.89. The van der Waals surface area contributed by atoms with Crippen LogP contribution in [-0.4, -0.2) is 26.6 Å². The number of hydrogen-bond donors (Lipinski definition) is 1. The first kappa shape index (κ1) is 11.9. The van der Waals surface area contributed by atoms with Gasteiger partial charge in [-0.2, -0.15) is 0 Å². The van der Waals surface area contributed by atoms with Crippen molar-refractivity contribution in [1.82, 2.24) is 19.5 Å². The zero-order valence-electron chi connectivity index (χ0n) is 10.3. The predicted octanol–water partition coefficient (Wildman–Crippen LogP) is 2.57. The molecule has 0 saturated carbocycles. The summed E-state index contributed by atoms with van der Waals surface area (Å²) >= 11 is 6.00. The number of rotatable bonds is 3. The van der Waals surface area contributed by atoms with Crippen LogP contribution in [0.2, 0.25) is 5.02 Å². The van der Waals surface area contributed by atoms with Crippen LogP contribution in [0.1, 0.15) is 5.56 Å². The SMILES string of the molecule is CNc1ncnc2ncn(Cc3cccc(Cl)c3)c12. The largest absolute Gasteiger partial charge is 0.371 e. The maximum atomic E-state index is 6.00. The van der Waals surface area contributed by atoms with Crippen LogP contribution in [0.25, 0.3) is 11.2 Å². The molecule has 0 aliphatic rings. The molecule has 6 heteroatoms. The van der Waals surface area contributed by atoms with E-state index >= 15 is 0 Å². The van der Waals surface area contributed by atoms with Crippen LogP contribution < -0.4 is 5.32 Å². The molecule has 0 saturated heterocycles. The first-order chi connectivity index (χ1) is 9.28. The minimum atomic E-state index is 0.680. The number of hydrogen-bond acceptors (Lipinski definition) is 4. The van der Waals surface area contributed by atoms with E-state index in [-0.39, 0.29) is 0 Å². The molecule has 19 heavy (non-hydrogen) atoms. The van der Waals surface area contributed by atoms with Gasteiger partial charge in [-0.15, -0.1) is 0 Å². The van der Waals surface area contributed by atoms with Gasteiger partial charge in [-0.3, -0.25) is 0 Å². The van der Waals surface area contributed by atoms with E-state index in [1.807, 2.05) is 35.9 Å². The van der Waals surface area contributed by atoms with E-state index in [2.05, 4.69) is 20.3 Å². The van der Waals surface area contributed by atoms with Crippen LogP contribution in [0.4, 0.5) is 5.82 Å². The lowest BCUT2D eigenvalue weighted by atomic mass is 10.2.